The number of nitrogens with zero attached hydrogens (tertiary/aromatic N) is 1. The van der Waals surface area contributed by atoms with Crippen LogP contribution >= 0.6 is 0 Å². The van der Waals surface area contributed by atoms with Crippen LogP contribution in [-0.2, 0) is 0 Å². The number of piperidine rings is 1. The number of carboxylic acids is 1. The van der Waals surface area contributed by atoms with Crippen LogP contribution in [0.25, 0.3) is 0 Å². The molecule has 1 heterocycles. The summed E-state index contributed by atoms with van der Waals surface area (Å²) in [4.78, 5) is 13.6. The Bertz CT molecular complexity index is 468. The van der Waals surface area contributed by atoms with Crippen molar-refractivity contribution < 1.29 is 14.6 Å². The number of benzene rings is 1. The van der Waals surface area contributed by atoms with Crippen molar-refractivity contribution in [3.63, 3.8) is 0 Å². The zero-order chi connectivity index (χ0) is 14.5. The molecule has 0 spiro atoms. The Morgan fingerprint density at radius 3 is 2.75 bits per heavy atom. The third-order valence-electron chi connectivity index (χ3n) is 3.88. The summed E-state index contributed by atoms with van der Waals surface area (Å²) in [6.45, 7) is 3.02. The van der Waals surface area contributed by atoms with Crippen LogP contribution in [0.4, 0.5) is 5.69 Å². The van der Waals surface area contributed by atoms with E-state index >= 15 is 0 Å². The van der Waals surface area contributed by atoms with Crippen LogP contribution in [0, 0.1) is 5.92 Å². The van der Waals surface area contributed by atoms with Crippen molar-refractivity contribution in [2.45, 2.75) is 12.8 Å². The van der Waals surface area contributed by atoms with Gasteiger partial charge < -0.3 is 20.1 Å². The van der Waals surface area contributed by atoms with Crippen molar-refractivity contribution in [3.05, 3.63) is 23.8 Å². The van der Waals surface area contributed by atoms with Gasteiger partial charge in [0, 0.05) is 12.6 Å². The van der Waals surface area contributed by atoms with E-state index in [4.69, 9.17) is 4.74 Å². The van der Waals surface area contributed by atoms with Crippen LogP contribution < -0.4 is 10.1 Å². The number of rotatable bonds is 5. The number of likely N-dealkylation sites (tertiary alicyclic amines) is 1. The average molecular weight is 278 g/mol. The Balaban J connectivity index is 2.02. The maximum Gasteiger partial charge on any atom is 0.337 e. The smallest absolute Gasteiger partial charge is 0.337 e. The molecule has 2 N–H and O–H groups in total. The molecule has 20 heavy (non-hydrogen) atoms. The highest BCUT2D eigenvalue weighted by atomic mass is 16.5. The lowest BCUT2D eigenvalue weighted by Gasteiger charge is -2.29. The highest BCUT2D eigenvalue weighted by molar-refractivity contribution is 5.94. The number of nitrogens with one attached hydrogen (secondary N) is 1. The number of hydrogen-bond donors (Lipinski definition) is 2. The van der Waals surface area contributed by atoms with Crippen molar-refractivity contribution in [2.24, 2.45) is 5.92 Å². The third kappa shape index (κ3) is 3.63. The number of anilines is 1. The monoisotopic (exact) mass is 278 g/mol. The first kappa shape index (κ1) is 14.7. The molecule has 5 heteroatoms. The normalized spacial score (nSPS) is 16.9. The fourth-order valence-corrected chi connectivity index (χ4v) is 2.50. The van der Waals surface area contributed by atoms with E-state index in [0.29, 0.717) is 22.9 Å². The Morgan fingerprint density at radius 1 is 1.45 bits per heavy atom. The Kier molecular flexibility index (Phi) is 4.84. The summed E-state index contributed by atoms with van der Waals surface area (Å²) in [6.07, 6.45) is 2.30. The van der Waals surface area contributed by atoms with Gasteiger partial charge in [-0.2, -0.15) is 0 Å². The van der Waals surface area contributed by atoms with Gasteiger partial charge in [0.25, 0.3) is 0 Å². The van der Waals surface area contributed by atoms with Crippen LogP contribution in [0.1, 0.15) is 23.2 Å². The fourth-order valence-electron chi connectivity index (χ4n) is 2.50. The minimum Gasteiger partial charge on any atom is -0.497 e. The van der Waals surface area contributed by atoms with Gasteiger partial charge in [-0.25, -0.2) is 4.79 Å². The predicted octanol–water partition coefficient (Wildman–Crippen LogP) is 2.15. The number of carbonyl (C=O) groups is 1. The Hall–Kier alpha value is -1.75. The first-order valence-electron chi connectivity index (χ1n) is 6.94. The topological polar surface area (TPSA) is 61.8 Å². The van der Waals surface area contributed by atoms with Gasteiger partial charge in [0.2, 0.25) is 0 Å². The van der Waals surface area contributed by atoms with E-state index in [1.54, 1.807) is 25.3 Å². The molecule has 0 unspecified atom stereocenters. The summed E-state index contributed by atoms with van der Waals surface area (Å²) in [5.41, 5.74) is 0.925. The van der Waals surface area contributed by atoms with Crippen LogP contribution in [0.5, 0.6) is 5.75 Å². The van der Waals surface area contributed by atoms with Crippen molar-refractivity contribution in [2.75, 3.05) is 39.1 Å². The van der Waals surface area contributed by atoms with Crippen molar-refractivity contribution >= 4 is 11.7 Å². The van der Waals surface area contributed by atoms with Gasteiger partial charge in [-0.05, 0) is 51.0 Å². The number of ether oxygens (including phenoxy) is 1. The SMILES string of the molecule is COc1ccc(C(=O)O)c(NCC2CCN(C)CC2)c1. The highest BCUT2D eigenvalue weighted by Crippen LogP contribution is 2.24. The zero-order valence-corrected chi connectivity index (χ0v) is 12.1. The summed E-state index contributed by atoms with van der Waals surface area (Å²) in [7, 11) is 3.71. The maximum absolute atomic E-state index is 11.2. The van der Waals surface area contributed by atoms with Crippen molar-refractivity contribution in [1.82, 2.24) is 4.90 Å². The molecule has 1 aromatic rings. The second-order valence-electron chi connectivity index (χ2n) is 5.34. The molecule has 0 radical (unpaired) electrons. The lowest BCUT2D eigenvalue weighted by molar-refractivity contribution is 0.0698. The molecule has 1 aromatic carbocycles. The molecule has 110 valence electrons. The molecule has 0 aromatic heterocycles. The highest BCUT2D eigenvalue weighted by Gasteiger charge is 2.18. The van der Waals surface area contributed by atoms with E-state index in [1.807, 2.05) is 0 Å². The molecular weight excluding hydrogens is 256 g/mol. The second kappa shape index (κ2) is 6.61. The molecule has 0 atom stereocenters. The maximum atomic E-state index is 11.2. The second-order valence-corrected chi connectivity index (χ2v) is 5.34. The molecular formula is C15H22N2O3. The molecule has 0 aliphatic carbocycles. The number of methoxy groups -OCH3 is 1. The summed E-state index contributed by atoms with van der Waals surface area (Å²) < 4.78 is 5.16. The van der Waals surface area contributed by atoms with Gasteiger partial charge >= 0.3 is 5.97 Å². The molecule has 0 amide bonds. The van der Waals surface area contributed by atoms with Crippen molar-refractivity contribution in [3.8, 4) is 5.75 Å². The molecule has 2 rings (SSSR count). The van der Waals surface area contributed by atoms with Crippen LogP contribution in [0.3, 0.4) is 0 Å². The van der Waals surface area contributed by atoms with Crippen molar-refractivity contribution in [1.29, 1.82) is 0 Å². The number of aromatic carboxylic acids is 1. The van der Waals surface area contributed by atoms with Crippen LogP contribution in [-0.4, -0.2) is 49.8 Å². The largest absolute Gasteiger partial charge is 0.497 e. The molecule has 1 saturated heterocycles. The van der Waals surface area contributed by atoms with Gasteiger partial charge in [-0.1, -0.05) is 0 Å². The summed E-state index contributed by atoms with van der Waals surface area (Å²) in [5, 5.41) is 12.5. The van der Waals surface area contributed by atoms with E-state index in [1.165, 1.54) is 0 Å². The third-order valence-corrected chi connectivity index (χ3v) is 3.88. The van der Waals surface area contributed by atoms with Gasteiger partial charge in [-0.3, -0.25) is 0 Å². The van der Waals surface area contributed by atoms with E-state index in [0.717, 1.165) is 32.5 Å². The molecule has 1 aliphatic heterocycles. The predicted molar refractivity (Wildman–Crippen MR) is 78.7 cm³/mol. The van der Waals surface area contributed by atoms with Gasteiger partial charge in [0.15, 0.2) is 0 Å². The summed E-state index contributed by atoms with van der Waals surface area (Å²) >= 11 is 0. The van der Waals surface area contributed by atoms with Crippen LogP contribution in [0.2, 0.25) is 0 Å². The Labute approximate surface area is 119 Å². The lowest BCUT2D eigenvalue weighted by Crippen LogP contribution is -2.33. The van der Waals surface area contributed by atoms with E-state index in [2.05, 4.69) is 17.3 Å². The number of hydrogen-bond acceptors (Lipinski definition) is 4. The minimum absolute atomic E-state index is 0.290. The fraction of sp³-hybridized carbons (Fsp3) is 0.533. The molecule has 5 nitrogen and oxygen atoms in total. The molecule has 1 aliphatic rings. The minimum atomic E-state index is -0.918. The first-order chi connectivity index (χ1) is 9.60. The zero-order valence-electron chi connectivity index (χ0n) is 12.1. The van der Waals surface area contributed by atoms with Gasteiger partial charge in [0.1, 0.15) is 5.75 Å². The summed E-state index contributed by atoms with van der Waals surface area (Å²) in [5.74, 6) is 0.346. The standard InChI is InChI=1S/C15H22N2O3/c1-17-7-5-11(6-8-17)10-16-14-9-12(20-2)3-4-13(14)15(18)19/h3-4,9,11,16H,5-8,10H2,1-2H3,(H,18,19). The quantitative estimate of drug-likeness (QED) is 0.864. The van der Waals surface area contributed by atoms with E-state index in [-0.39, 0.29) is 0 Å². The Morgan fingerprint density at radius 2 is 2.15 bits per heavy atom. The molecule has 0 saturated carbocycles. The number of carboxylic acid groups (broad SMARTS) is 1. The van der Waals surface area contributed by atoms with Gasteiger partial charge in [0.05, 0.1) is 18.4 Å². The van der Waals surface area contributed by atoms with Gasteiger partial charge in [-0.15, -0.1) is 0 Å². The van der Waals surface area contributed by atoms with E-state index in [9.17, 15) is 9.90 Å². The van der Waals surface area contributed by atoms with Crippen LogP contribution in [0.15, 0.2) is 18.2 Å². The molecule has 0 bridgehead atoms. The molecule has 1 fully saturated rings. The summed E-state index contributed by atoms with van der Waals surface area (Å²) in [6, 6.07) is 5.00. The lowest BCUT2D eigenvalue weighted by atomic mass is 9.97. The average Bonchev–Trinajstić information content (AvgIpc) is 2.46. The first-order valence-corrected chi connectivity index (χ1v) is 6.94. The van der Waals surface area contributed by atoms with E-state index < -0.39 is 5.97 Å².